The zero-order valence-corrected chi connectivity index (χ0v) is 20.1. The van der Waals surface area contributed by atoms with Gasteiger partial charge in [0.05, 0.1) is 0 Å². The van der Waals surface area contributed by atoms with Gasteiger partial charge in [-0.05, 0) is 62.3 Å². The second-order valence-electron chi connectivity index (χ2n) is 9.46. The first kappa shape index (κ1) is 22.1. The number of hydrogen-bond donors (Lipinski definition) is 2. The molecular formula is C26H32N8. The Morgan fingerprint density at radius 3 is 2.56 bits per heavy atom. The number of nitrogens with one attached hydrogen (secondary N) is 2. The Balaban J connectivity index is 1.46. The third-order valence-corrected chi connectivity index (χ3v) is 5.94. The Labute approximate surface area is 200 Å². The van der Waals surface area contributed by atoms with Gasteiger partial charge in [0.25, 0.3) is 0 Å². The smallest absolute Gasteiger partial charge is 0.232 e. The van der Waals surface area contributed by atoms with Crippen LogP contribution in [-0.4, -0.2) is 37.4 Å². The highest BCUT2D eigenvalue weighted by atomic mass is 15.3. The highest BCUT2D eigenvalue weighted by Gasteiger charge is 2.16. The van der Waals surface area contributed by atoms with Crippen molar-refractivity contribution in [2.75, 3.05) is 28.6 Å². The minimum Gasteiger partial charge on any atom is -0.356 e. The lowest BCUT2D eigenvalue weighted by molar-refractivity contribution is 0.573. The normalized spacial score (nSPS) is 14.1. The van der Waals surface area contributed by atoms with Crippen LogP contribution in [0, 0.1) is 12.8 Å². The zero-order chi connectivity index (χ0) is 23.5. The van der Waals surface area contributed by atoms with E-state index in [0.717, 1.165) is 54.0 Å². The van der Waals surface area contributed by atoms with E-state index in [1.165, 1.54) is 24.8 Å². The predicted molar refractivity (Wildman–Crippen MR) is 137 cm³/mol. The number of nitrogens with zero attached hydrogens (tertiary/aromatic N) is 6. The average Bonchev–Trinajstić information content (AvgIpc) is 3.26. The molecule has 4 aromatic rings. The number of imidazole rings is 1. The number of anilines is 5. The minimum atomic E-state index is 0.543. The maximum atomic E-state index is 4.86. The van der Waals surface area contributed by atoms with Crippen LogP contribution >= 0.6 is 0 Å². The van der Waals surface area contributed by atoms with Crippen LogP contribution in [0.15, 0.2) is 48.9 Å². The highest BCUT2D eigenvalue weighted by Crippen LogP contribution is 2.26. The van der Waals surface area contributed by atoms with Crippen molar-refractivity contribution in [3.8, 4) is 0 Å². The molecule has 0 unspecified atom stereocenters. The van der Waals surface area contributed by atoms with Crippen molar-refractivity contribution in [3.63, 3.8) is 0 Å². The highest BCUT2D eigenvalue weighted by molar-refractivity contribution is 5.65. The van der Waals surface area contributed by atoms with Crippen LogP contribution in [0.1, 0.15) is 44.4 Å². The van der Waals surface area contributed by atoms with Gasteiger partial charge >= 0.3 is 0 Å². The summed E-state index contributed by atoms with van der Waals surface area (Å²) in [6.07, 6.45) is 10.3. The van der Waals surface area contributed by atoms with Gasteiger partial charge in [-0.25, -0.2) is 9.97 Å². The Morgan fingerprint density at radius 1 is 0.912 bits per heavy atom. The zero-order valence-electron chi connectivity index (χ0n) is 20.1. The molecule has 1 aliphatic rings. The van der Waals surface area contributed by atoms with E-state index in [4.69, 9.17) is 15.0 Å². The van der Waals surface area contributed by atoms with Crippen LogP contribution in [0.2, 0.25) is 0 Å². The molecule has 2 N–H and O–H groups in total. The fourth-order valence-corrected chi connectivity index (χ4v) is 4.42. The summed E-state index contributed by atoms with van der Waals surface area (Å²) in [5.74, 6) is 3.53. The molecule has 0 radical (unpaired) electrons. The number of fused-ring (bicyclic) bond motifs is 1. The van der Waals surface area contributed by atoms with Crippen LogP contribution in [0.25, 0.3) is 5.65 Å². The minimum absolute atomic E-state index is 0.543. The first-order chi connectivity index (χ1) is 16.5. The number of pyridine rings is 2. The SMILES string of the molecule is Cc1cc(CC(C)C)nc(Nc2nc(Nc3ccn4ccnc4c3)cc(N3CCCCC3)n2)c1. The molecule has 4 aromatic heterocycles. The predicted octanol–water partition coefficient (Wildman–Crippen LogP) is 5.50. The van der Waals surface area contributed by atoms with Crippen molar-refractivity contribution in [1.82, 2.24) is 24.3 Å². The number of aromatic nitrogens is 5. The van der Waals surface area contributed by atoms with Gasteiger partial charge in [0.1, 0.15) is 23.1 Å². The monoisotopic (exact) mass is 456 g/mol. The van der Waals surface area contributed by atoms with Crippen molar-refractivity contribution in [1.29, 1.82) is 0 Å². The molecule has 8 heteroatoms. The summed E-state index contributed by atoms with van der Waals surface area (Å²) in [5.41, 5.74) is 4.07. The molecule has 0 aliphatic carbocycles. The maximum Gasteiger partial charge on any atom is 0.232 e. The molecule has 0 atom stereocenters. The molecular weight excluding hydrogens is 424 g/mol. The molecule has 0 saturated carbocycles. The summed E-state index contributed by atoms with van der Waals surface area (Å²) in [4.78, 5) is 21.2. The number of piperidine rings is 1. The van der Waals surface area contributed by atoms with E-state index in [1.807, 2.05) is 41.1 Å². The molecule has 0 bridgehead atoms. The summed E-state index contributed by atoms with van der Waals surface area (Å²) >= 11 is 0. The van der Waals surface area contributed by atoms with Gasteiger partial charge in [0.2, 0.25) is 5.95 Å². The quantitative estimate of drug-likeness (QED) is 0.380. The average molecular weight is 457 g/mol. The van der Waals surface area contributed by atoms with Crippen molar-refractivity contribution in [3.05, 3.63) is 60.2 Å². The first-order valence-corrected chi connectivity index (χ1v) is 12.1. The van der Waals surface area contributed by atoms with E-state index < -0.39 is 0 Å². The van der Waals surface area contributed by atoms with Gasteiger partial charge in [0, 0.05) is 55.2 Å². The molecule has 34 heavy (non-hydrogen) atoms. The summed E-state index contributed by atoms with van der Waals surface area (Å²) in [6, 6.07) is 10.2. The summed E-state index contributed by atoms with van der Waals surface area (Å²) in [5, 5.41) is 6.82. The molecule has 0 spiro atoms. The van der Waals surface area contributed by atoms with Crippen LogP contribution in [-0.2, 0) is 6.42 Å². The molecule has 1 saturated heterocycles. The van der Waals surface area contributed by atoms with E-state index in [1.54, 1.807) is 6.20 Å². The van der Waals surface area contributed by atoms with Gasteiger partial charge < -0.3 is 19.9 Å². The van der Waals surface area contributed by atoms with Gasteiger partial charge in [-0.1, -0.05) is 13.8 Å². The van der Waals surface area contributed by atoms with Crippen molar-refractivity contribution >= 4 is 34.7 Å². The van der Waals surface area contributed by atoms with Gasteiger partial charge in [-0.15, -0.1) is 0 Å². The Bertz CT molecular complexity index is 1270. The van der Waals surface area contributed by atoms with E-state index >= 15 is 0 Å². The fraction of sp³-hybridized carbons (Fsp3) is 0.385. The lowest BCUT2D eigenvalue weighted by Gasteiger charge is -2.28. The van der Waals surface area contributed by atoms with E-state index in [0.29, 0.717) is 11.9 Å². The Hall–Kier alpha value is -3.68. The van der Waals surface area contributed by atoms with Gasteiger partial charge in [-0.3, -0.25) is 0 Å². The number of aryl methyl sites for hydroxylation is 1. The van der Waals surface area contributed by atoms with E-state index in [2.05, 4.69) is 47.4 Å². The topological polar surface area (TPSA) is 83.3 Å². The Morgan fingerprint density at radius 2 is 1.74 bits per heavy atom. The molecule has 1 fully saturated rings. The van der Waals surface area contributed by atoms with Crippen LogP contribution in [0.3, 0.4) is 0 Å². The second kappa shape index (κ2) is 9.67. The fourth-order valence-electron chi connectivity index (χ4n) is 4.42. The van der Waals surface area contributed by atoms with Crippen LogP contribution in [0.4, 0.5) is 29.1 Å². The number of rotatable bonds is 7. The Kier molecular flexibility index (Phi) is 6.29. The van der Waals surface area contributed by atoms with Gasteiger partial charge in [-0.2, -0.15) is 9.97 Å². The van der Waals surface area contributed by atoms with E-state index in [9.17, 15) is 0 Å². The van der Waals surface area contributed by atoms with E-state index in [-0.39, 0.29) is 0 Å². The van der Waals surface area contributed by atoms with Crippen molar-refractivity contribution in [2.45, 2.75) is 46.5 Å². The molecule has 176 valence electrons. The summed E-state index contributed by atoms with van der Waals surface area (Å²) in [7, 11) is 0. The summed E-state index contributed by atoms with van der Waals surface area (Å²) in [6.45, 7) is 8.54. The lowest BCUT2D eigenvalue weighted by atomic mass is 10.1. The second-order valence-corrected chi connectivity index (χ2v) is 9.46. The van der Waals surface area contributed by atoms with Crippen LogP contribution in [0.5, 0.6) is 0 Å². The summed E-state index contributed by atoms with van der Waals surface area (Å²) < 4.78 is 1.98. The third kappa shape index (κ3) is 5.27. The third-order valence-electron chi connectivity index (χ3n) is 5.94. The molecule has 8 nitrogen and oxygen atoms in total. The standard InChI is InChI=1S/C26H32N8/c1-18(2)13-21-14-19(3)15-22(29-21)30-26-31-23(17-25(32-26)33-9-5-4-6-10-33)28-20-7-11-34-12-8-27-24(34)16-20/h7-8,11-12,14-18H,4-6,9-10,13H2,1-3H3,(H2,28,29,30,31,32). The van der Waals surface area contributed by atoms with Crippen LogP contribution < -0.4 is 15.5 Å². The largest absolute Gasteiger partial charge is 0.356 e. The molecule has 0 amide bonds. The molecule has 1 aliphatic heterocycles. The van der Waals surface area contributed by atoms with Crippen molar-refractivity contribution < 1.29 is 0 Å². The van der Waals surface area contributed by atoms with Crippen molar-refractivity contribution in [2.24, 2.45) is 5.92 Å². The first-order valence-electron chi connectivity index (χ1n) is 12.1. The van der Waals surface area contributed by atoms with Gasteiger partial charge in [0.15, 0.2) is 0 Å². The lowest BCUT2D eigenvalue weighted by Crippen LogP contribution is -2.30. The molecule has 0 aromatic carbocycles. The molecule has 5 heterocycles. The molecule has 5 rings (SSSR count). The number of hydrogen-bond acceptors (Lipinski definition) is 7. The maximum absolute atomic E-state index is 4.86.